The van der Waals surface area contributed by atoms with Gasteiger partial charge in [-0.1, -0.05) is 55.4 Å². The Bertz CT molecular complexity index is 180. The van der Waals surface area contributed by atoms with Gasteiger partial charge in [-0.3, -0.25) is 0 Å². The van der Waals surface area contributed by atoms with E-state index in [9.17, 15) is 0 Å². The predicted octanol–water partition coefficient (Wildman–Crippen LogP) is 4.37. The quantitative estimate of drug-likeness (QED) is 0.636. The van der Waals surface area contributed by atoms with Gasteiger partial charge in [-0.2, -0.15) is 0 Å². The first kappa shape index (κ1) is 13.7. The molecule has 0 saturated heterocycles. The predicted molar refractivity (Wildman–Crippen MR) is 65.0 cm³/mol. The monoisotopic (exact) mass is 197 g/mol. The molecular weight excluding hydrogens is 170 g/mol. The van der Waals surface area contributed by atoms with Crippen LogP contribution < -0.4 is 0 Å². The van der Waals surface area contributed by atoms with Crippen molar-refractivity contribution in [1.82, 2.24) is 0 Å². The van der Waals surface area contributed by atoms with E-state index >= 15 is 0 Å². The molecule has 0 spiro atoms. The van der Waals surface area contributed by atoms with Crippen molar-refractivity contribution in [1.29, 1.82) is 5.41 Å². The summed E-state index contributed by atoms with van der Waals surface area (Å²) in [6, 6.07) is 0. The molecule has 1 nitrogen and oxygen atoms in total. The largest absolute Gasteiger partial charge is 0.309 e. The molecule has 0 aromatic rings. The minimum absolute atomic E-state index is 0.205. The van der Waals surface area contributed by atoms with Crippen LogP contribution in [-0.4, -0.2) is 5.71 Å². The molecule has 0 aliphatic heterocycles. The van der Waals surface area contributed by atoms with Crippen molar-refractivity contribution in [3.63, 3.8) is 0 Å². The Hall–Kier alpha value is -0.330. The van der Waals surface area contributed by atoms with Crippen LogP contribution >= 0.6 is 0 Å². The zero-order chi connectivity index (χ0) is 11.7. The number of rotatable bonds is 2. The molecule has 84 valence electrons. The fourth-order valence-corrected chi connectivity index (χ4v) is 1.31. The van der Waals surface area contributed by atoms with Crippen molar-refractivity contribution in [2.24, 2.45) is 22.7 Å². The van der Waals surface area contributed by atoms with Gasteiger partial charge in [-0.15, -0.1) is 0 Å². The summed E-state index contributed by atoms with van der Waals surface area (Å²) >= 11 is 0. The third-order valence-electron chi connectivity index (χ3n) is 3.53. The maximum atomic E-state index is 8.21. The molecule has 0 aromatic heterocycles. The van der Waals surface area contributed by atoms with Crippen LogP contribution in [0, 0.1) is 28.1 Å². The zero-order valence-electron chi connectivity index (χ0n) is 11.2. The van der Waals surface area contributed by atoms with E-state index in [1.807, 2.05) is 0 Å². The Labute approximate surface area is 89.8 Å². The molecule has 2 unspecified atom stereocenters. The van der Waals surface area contributed by atoms with Gasteiger partial charge < -0.3 is 5.41 Å². The fourth-order valence-electron chi connectivity index (χ4n) is 1.31. The smallest absolute Gasteiger partial charge is 0.0156 e. The Kier molecular flexibility index (Phi) is 3.94. The van der Waals surface area contributed by atoms with Crippen molar-refractivity contribution in [3.8, 4) is 0 Å². The average Bonchev–Trinajstić information content (AvgIpc) is 1.97. The van der Waals surface area contributed by atoms with E-state index in [0.717, 1.165) is 5.71 Å². The molecule has 0 aromatic carbocycles. The van der Waals surface area contributed by atoms with Crippen LogP contribution in [0.2, 0.25) is 0 Å². The number of nitrogens with one attached hydrogen (secondary N) is 1. The van der Waals surface area contributed by atoms with Gasteiger partial charge >= 0.3 is 0 Å². The molecule has 0 aliphatic carbocycles. The topological polar surface area (TPSA) is 23.9 Å². The van der Waals surface area contributed by atoms with E-state index in [1.54, 1.807) is 0 Å². The molecule has 1 N–H and O–H groups in total. The van der Waals surface area contributed by atoms with E-state index < -0.39 is 0 Å². The highest BCUT2D eigenvalue weighted by Gasteiger charge is 2.32. The molecule has 0 bridgehead atoms. The molecule has 14 heavy (non-hydrogen) atoms. The lowest BCUT2D eigenvalue weighted by Crippen LogP contribution is -2.35. The van der Waals surface area contributed by atoms with Crippen LogP contribution in [0.1, 0.15) is 55.4 Å². The molecule has 0 amide bonds. The normalized spacial score (nSPS) is 17.7. The summed E-state index contributed by atoms with van der Waals surface area (Å²) in [5.41, 5.74) is 1.30. The second-order valence-electron chi connectivity index (χ2n) is 6.63. The molecule has 0 radical (unpaired) electrons. The van der Waals surface area contributed by atoms with Gasteiger partial charge in [0, 0.05) is 5.71 Å². The SMILES string of the molecule is CC(C(=N)C(C)C(C)(C)C)C(C)(C)C. The van der Waals surface area contributed by atoms with Crippen molar-refractivity contribution in [2.45, 2.75) is 55.4 Å². The molecule has 2 atom stereocenters. The molecule has 0 heterocycles. The van der Waals surface area contributed by atoms with Crippen LogP contribution in [0.5, 0.6) is 0 Å². The molecular formula is C13H27N. The van der Waals surface area contributed by atoms with E-state index in [2.05, 4.69) is 55.4 Å². The summed E-state index contributed by atoms with van der Waals surface area (Å²) in [4.78, 5) is 0. The lowest BCUT2D eigenvalue weighted by Gasteiger charge is -2.35. The summed E-state index contributed by atoms with van der Waals surface area (Å²) < 4.78 is 0. The van der Waals surface area contributed by atoms with Crippen molar-refractivity contribution in [2.75, 3.05) is 0 Å². The number of hydrogen-bond acceptors (Lipinski definition) is 1. The molecule has 1 heteroatoms. The first-order valence-corrected chi connectivity index (χ1v) is 5.56. The van der Waals surface area contributed by atoms with Gasteiger partial charge in [0.15, 0.2) is 0 Å². The summed E-state index contributed by atoms with van der Waals surface area (Å²) in [7, 11) is 0. The maximum Gasteiger partial charge on any atom is 0.0156 e. The van der Waals surface area contributed by atoms with Crippen LogP contribution in [0.3, 0.4) is 0 Å². The van der Waals surface area contributed by atoms with Crippen LogP contribution in [0.15, 0.2) is 0 Å². The molecule has 0 aliphatic rings. The Morgan fingerprint density at radius 1 is 0.786 bits per heavy atom. The standard InChI is InChI=1S/C13H27N/c1-9(12(3,4)5)11(14)10(2)13(6,7)8/h9-10,14H,1-8H3. The second kappa shape index (κ2) is 4.04. The summed E-state index contributed by atoms with van der Waals surface area (Å²) in [6.07, 6.45) is 0. The summed E-state index contributed by atoms with van der Waals surface area (Å²) in [5, 5.41) is 8.21. The van der Waals surface area contributed by atoms with E-state index in [-0.39, 0.29) is 10.8 Å². The van der Waals surface area contributed by atoms with Gasteiger partial charge in [0.25, 0.3) is 0 Å². The van der Waals surface area contributed by atoms with E-state index in [4.69, 9.17) is 5.41 Å². The summed E-state index contributed by atoms with van der Waals surface area (Å²) in [5.74, 6) is 0.716. The van der Waals surface area contributed by atoms with Crippen LogP contribution in [0.25, 0.3) is 0 Å². The Morgan fingerprint density at radius 2 is 1.00 bits per heavy atom. The first-order chi connectivity index (χ1) is 5.98. The highest BCUT2D eigenvalue weighted by molar-refractivity contribution is 5.86. The van der Waals surface area contributed by atoms with Gasteiger partial charge in [0.2, 0.25) is 0 Å². The molecule has 0 saturated carbocycles. The highest BCUT2D eigenvalue weighted by atomic mass is 14.5. The minimum Gasteiger partial charge on any atom is -0.309 e. The Balaban J connectivity index is 4.65. The van der Waals surface area contributed by atoms with Gasteiger partial charge in [0.05, 0.1) is 0 Å². The summed E-state index contributed by atoms with van der Waals surface area (Å²) in [6.45, 7) is 17.6. The Morgan fingerprint density at radius 3 is 1.14 bits per heavy atom. The fraction of sp³-hybridized carbons (Fsp3) is 0.923. The van der Waals surface area contributed by atoms with Gasteiger partial charge in [-0.25, -0.2) is 0 Å². The lowest BCUT2D eigenvalue weighted by atomic mass is 9.69. The van der Waals surface area contributed by atoms with Crippen molar-refractivity contribution < 1.29 is 0 Å². The number of hydrogen-bond donors (Lipinski definition) is 1. The van der Waals surface area contributed by atoms with Crippen molar-refractivity contribution in [3.05, 3.63) is 0 Å². The van der Waals surface area contributed by atoms with Gasteiger partial charge in [-0.05, 0) is 22.7 Å². The average molecular weight is 197 g/mol. The highest BCUT2D eigenvalue weighted by Crippen LogP contribution is 2.34. The van der Waals surface area contributed by atoms with E-state index in [1.165, 1.54) is 0 Å². The minimum atomic E-state index is 0.205. The molecule has 0 rings (SSSR count). The van der Waals surface area contributed by atoms with Crippen LogP contribution in [0.4, 0.5) is 0 Å². The third kappa shape index (κ3) is 3.43. The lowest BCUT2D eigenvalue weighted by molar-refractivity contribution is 0.282. The second-order valence-corrected chi connectivity index (χ2v) is 6.63. The van der Waals surface area contributed by atoms with Crippen molar-refractivity contribution >= 4 is 5.71 Å². The van der Waals surface area contributed by atoms with E-state index in [0.29, 0.717) is 11.8 Å². The molecule has 0 fully saturated rings. The van der Waals surface area contributed by atoms with Gasteiger partial charge in [0.1, 0.15) is 0 Å². The first-order valence-electron chi connectivity index (χ1n) is 5.56. The van der Waals surface area contributed by atoms with Crippen LogP contribution in [-0.2, 0) is 0 Å². The third-order valence-corrected chi connectivity index (χ3v) is 3.53. The zero-order valence-corrected chi connectivity index (χ0v) is 11.2. The maximum absolute atomic E-state index is 8.21.